The highest BCUT2D eigenvalue weighted by Crippen LogP contribution is 2.33. The van der Waals surface area contributed by atoms with E-state index in [1.165, 1.54) is 0 Å². The van der Waals surface area contributed by atoms with Crippen molar-refractivity contribution in [2.75, 3.05) is 20.2 Å². The number of hydrogen-bond acceptors (Lipinski definition) is 4. The van der Waals surface area contributed by atoms with Crippen molar-refractivity contribution >= 4 is 0 Å². The van der Waals surface area contributed by atoms with Crippen molar-refractivity contribution < 1.29 is 14.2 Å². The van der Waals surface area contributed by atoms with E-state index in [0.29, 0.717) is 0 Å². The highest BCUT2D eigenvalue weighted by molar-refractivity contribution is 5.29. The molecule has 2 fully saturated rings. The second-order valence-electron chi connectivity index (χ2n) is 4.12. The molecule has 0 aliphatic carbocycles. The first-order valence-corrected chi connectivity index (χ1v) is 5.52. The van der Waals surface area contributed by atoms with Crippen LogP contribution in [-0.4, -0.2) is 32.4 Å². The molecule has 3 rings (SSSR count). The van der Waals surface area contributed by atoms with Gasteiger partial charge in [-0.2, -0.15) is 0 Å². The number of methoxy groups -OCH3 is 1. The summed E-state index contributed by atoms with van der Waals surface area (Å²) in [6, 6.07) is 7.83. The molecule has 2 aliphatic heterocycles. The van der Waals surface area contributed by atoms with Crippen molar-refractivity contribution in [1.29, 1.82) is 0 Å². The summed E-state index contributed by atoms with van der Waals surface area (Å²) in [6.07, 6.45) is 0.139. The molecule has 0 spiro atoms. The van der Waals surface area contributed by atoms with Crippen LogP contribution in [0.15, 0.2) is 24.3 Å². The van der Waals surface area contributed by atoms with Crippen LogP contribution in [0.25, 0.3) is 0 Å². The highest BCUT2D eigenvalue weighted by atomic mass is 16.7. The van der Waals surface area contributed by atoms with Gasteiger partial charge in [-0.3, -0.25) is 0 Å². The molecule has 4 nitrogen and oxygen atoms in total. The van der Waals surface area contributed by atoms with Crippen LogP contribution in [0.3, 0.4) is 0 Å². The fourth-order valence-electron chi connectivity index (χ4n) is 2.20. The van der Waals surface area contributed by atoms with Crippen molar-refractivity contribution in [3.8, 4) is 5.75 Å². The summed E-state index contributed by atoms with van der Waals surface area (Å²) < 4.78 is 16.8. The first-order valence-electron chi connectivity index (χ1n) is 5.52. The lowest BCUT2D eigenvalue weighted by atomic mass is 10.2. The maximum atomic E-state index is 5.83. The summed E-state index contributed by atoms with van der Waals surface area (Å²) in [6.45, 7) is 1.76. The fraction of sp³-hybridized carbons (Fsp3) is 0.500. The van der Waals surface area contributed by atoms with Gasteiger partial charge in [0.25, 0.3) is 0 Å². The standard InChI is InChI=1S/C12H15NO3/c1-14-9-4-2-3-8(5-9)12-15-10-6-13-7-11(10)16-12/h2-5,10-13H,6-7H2,1H3. The van der Waals surface area contributed by atoms with Crippen LogP contribution >= 0.6 is 0 Å². The minimum atomic E-state index is -0.243. The number of rotatable bonds is 2. The summed E-state index contributed by atoms with van der Waals surface area (Å²) in [5.74, 6) is 0.833. The Morgan fingerprint density at radius 1 is 1.25 bits per heavy atom. The average Bonchev–Trinajstić information content (AvgIpc) is 2.89. The first kappa shape index (κ1) is 10.1. The van der Waals surface area contributed by atoms with Crippen LogP contribution in [0, 0.1) is 0 Å². The Kier molecular flexibility index (Phi) is 2.55. The second kappa shape index (κ2) is 4.05. The Morgan fingerprint density at radius 2 is 2.00 bits per heavy atom. The van der Waals surface area contributed by atoms with E-state index in [0.717, 1.165) is 24.4 Å². The number of nitrogens with one attached hydrogen (secondary N) is 1. The van der Waals surface area contributed by atoms with Crippen LogP contribution in [0.4, 0.5) is 0 Å². The van der Waals surface area contributed by atoms with Gasteiger partial charge in [0.05, 0.1) is 7.11 Å². The van der Waals surface area contributed by atoms with Crippen LogP contribution < -0.4 is 10.1 Å². The molecule has 2 saturated heterocycles. The zero-order valence-electron chi connectivity index (χ0n) is 9.18. The SMILES string of the molecule is COc1cccc(C2OC3CNCC3O2)c1. The third-order valence-corrected chi connectivity index (χ3v) is 3.07. The van der Waals surface area contributed by atoms with Gasteiger partial charge in [0.2, 0.25) is 0 Å². The number of benzene rings is 1. The van der Waals surface area contributed by atoms with E-state index in [1.807, 2.05) is 24.3 Å². The Labute approximate surface area is 94.5 Å². The smallest absolute Gasteiger partial charge is 0.184 e. The van der Waals surface area contributed by atoms with E-state index in [4.69, 9.17) is 14.2 Å². The van der Waals surface area contributed by atoms with E-state index < -0.39 is 0 Å². The number of ether oxygens (including phenoxy) is 3. The molecule has 4 heteroatoms. The van der Waals surface area contributed by atoms with Gasteiger partial charge in [0, 0.05) is 18.7 Å². The van der Waals surface area contributed by atoms with Crippen molar-refractivity contribution in [2.24, 2.45) is 0 Å². The Hall–Kier alpha value is -1.10. The molecular weight excluding hydrogens is 206 g/mol. The van der Waals surface area contributed by atoms with Crippen molar-refractivity contribution in [2.45, 2.75) is 18.5 Å². The molecule has 2 atom stereocenters. The molecule has 16 heavy (non-hydrogen) atoms. The Balaban J connectivity index is 1.78. The number of fused-ring (bicyclic) bond motifs is 1. The summed E-state index contributed by atoms with van der Waals surface area (Å²) in [4.78, 5) is 0. The Bertz CT molecular complexity index is 370. The highest BCUT2D eigenvalue weighted by Gasteiger charge is 2.39. The Morgan fingerprint density at radius 3 is 2.69 bits per heavy atom. The van der Waals surface area contributed by atoms with Crippen LogP contribution in [0.1, 0.15) is 11.9 Å². The zero-order chi connectivity index (χ0) is 11.0. The van der Waals surface area contributed by atoms with Crippen LogP contribution in [-0.2, 0) is 9.47 Å². The lowest BCUT2D eigenvalue weighted by Crippen LogP contribution is -2.18. The number of hydrogen-bond donors (Lipinski definition) is 1. The molecule has 0 aromatic heterocycles. The monoisotopic (exact) mass is 221 g/mol. The second-order valence-corrected chi connectivity index (χ2v) is 4.12. The molecule has 0 radical (unpaired) electrons. The molecule has 2 heterocycles. The summed E-state index contributed by atoms with van der Waals surface area (Å²) >= 11 is 0. The van der Waals surface area contributed by atoms with Gasteiger partial charge in [0.1, 0.15) is 18.0 Å². The maximum Gasteiger partial charge on any atom is 0.184 e. The van der Waals surface area contributed by atoms with E-state index >= 15 is 0 Å². The van der Waals surface area contributed by atoms with Crippen LogP contribution in [0.5, 0.6) is 5.75 Å². The van der Waals surface area contributed by atoms with E-state index in [9.17, 15) is 0 Å². The molecule has 86 valence electrons. The molecule has 1 N–H and O–H groups in total. The summed E-state index contributed by atoms with van der Waals surface area (Å²) in [7, 11) is 1.66. The predicted octanol–water partition coefficient (Wildman–Crippen LogP) is 1.08. The first-order chi connectivity index (χ1) is 7.86. The van der Waals surface area contributed by atoms with Crippen LogP contribution in [0.2, 0.25) is 0 Å². The molecule has 0 bridgehead atoms. The molecule has 0 amide bonds. The third kappa shape index (κ3) is 1.69. The average molecular weight is 221 g/mol. The topological polar surface area (TPSA) is 39.7 Å². The lowest BCUT2D eigenvalue weighted by Gasteiger charge is -2.13. The lowest BCUT2D eigenvalue weighted by molar-refractivity contribution is -0.0729. The summed E-state index contributed by atoms with van der Waals surface area (Å²) in [5, 5.41) is 3.24. The van der Waals surface area contributed by atoms with Crippen molar-refractivity contribution in [3.63, 3.8) is 0 Å². The van der Waals surface area contributed by atoms with Crippen molar-refractivity contribution in [1.82, 2.24) is 5.32 Å². The largest absolute Gasteiger partial charge is 0.497 e. The molecule has 0 saturated carbocycles. The van der Waals surface area contributed by atoms with Gasteiger partial charge in [-0.05, 0) is 12.1 Å². The molecule has 1 aromatic rings. The van der Waals surface area contributed by atoms with E-state index in [-0.39, 0.29) is 18.5 Å². The van der Waals surface area contributed by atoms with Gasteiger partial charge in [-0.1, -0.05) is 12.1 Å². The molecule has 2 aliphatic rings. The van der Waals surface area contributed by atoms with E-state index in [2.05, 4.69) is 5.32 Å². The maximum absolute atomic E-state index is 5.83. The van der Waals surface area contributed by atoms with E-state index in [1.54, 1.807) is 7.11 Å². The van der Waals surface area contributed by atoms with Crippen molar-refractivity contribution in [3.05, 3.63) is 29.8 Å². The predicted molar refractivity (Wildman–Crippen MR) is 58.4 cm³/mol. The minimum absolute atomic E-state index is 0.191. The van der Waals surface area contributed by atoms with Gasteiger partial charge >= 0.3 is 0 Å². The molecule has 1 aromatic carbocycles. The quantitative estimate of drug-likeness (QED) is 0.811. The minimum Gasteiger partial charge on any atom is -0.497 e. The van der Waals surface area contributed by atoms with Gasteiger partial charge < -0.3 is 19.5 Å². The normalized spacial score (nSPS) is 32.7. The fourth-order valence-corrected chi connectivity index (χ4v) is 2.20. The van der Waals surface area contributed by atoms with Gasteiger partial charge in [-0.15, -0.1) is 0 Å². The zero-order valence-corrected chi connectivity index (χ0v) is 9.18. The molecular formula is C12H15NO3. The third-order valence-electron chi connectivity index (χ3n) is 3.07. The molecule has 2 unspecified atom stereocenters. The van der Waals surface area contributed by atoms with Gasteiger partial charge in [-0.25, -0.2) is 0 Å². The summed E-state index contributed by atoms with van der Waals surface area (Å²) in [5.41, 5.74) is 1.02. The van der Waals surface area contributed by atoms with Gasteiger partial charge in [0.15, 0.2) is 6.29 Å².